The zero-order chi connectivity index (χ0) is 32.6. The van der Waals surface area contributed by atoms with E-state index in [2.05, 4.69) is 49.4 Å². The van der Waals surface area contributed by atoms with Crippen molar-refractivity contribution >= 4 is 11.4 Å². The van der Waals surface area contributed by atoms with Crippen LogP contribution in [0.15, 0.2) is 102 Å². The second-order valence-electron chi connectivity index (χ2n) is 11.8. The van der Waals surface area contributed by atoms with Crippen LogP contribution in [-0.4, -0.2) is 79.9 Å². The number of benzene rings is 3. The highest BCUT2D eigenvalue weighted by molar-refractivity contribution is 5.54. The molecule has 0 radical (unpaired) electrons. The van der Waals surface area contributed by atoms with Crippen molar-refractivity contribution < 1.29 is 14.6 Å². The van der Waals surface area contributed by atoms with Gasteiger partial charge in [0.15, 0.2) is 0 Å². The first-order chi connectivity index (χ1) is 23.0. The summed E-state index contributed by atoms with van der Waals surface area (Å²) in [6, 6.07) is 26.0. The number of nitrogens with zero attached hydrogens (tertiary/aromatic N) is 8. The molecule has 47 heavy (non-hydrogen) atoms. The molecule has 1 fully saturated rings. The Bertz CT molecular complexity index is 1710. The molecule has 0 spiro atoms. The minimum atomic E-state index is -0.794. The monoisotopic (exact) mass is 638 g/mol. The summed E-state index contributed by atoms with van der Waals surface area (Å²) in [5.74, 6) is 0.695. The third-order valence-corrected chi connectivity index (χ3v) is 8.58. The Morgan fingerprint density at radius 3 is 2.00 bits per heavy atom. The highest BCUT2D eigenvalue weighted by Gasteiger charge is 2.19. The van der Waals surface area contributed by atoms with Crippen LogP contribution in [-0.2, 0) is 11.3 Å². The number of piperazine rings is 1. The highest BCUT2D eigenvalue weighted by atomic mass is 16.5. The van der Waals surface area contributed by atoms with Gasteiger partial charge in [-0.1, -0.05) is 37.3 Å². The number of anilines is 2. The van der Waals surface area contributed by atoms with E-state index in [1.165, 1.54) is 4.68 Å². The minimum absolute atomic E-state index is 0.0669. The van der Waals surface area contributed by atoms with Crippen LogP contribution in [0.2, 0.25) is 0 Å². The third kappa shape index (κ3) is 7.90. The molecule has 2 aromatic heterocycles. The number of aliphatic hydroxyl groups is 1. The quantitative estimate of drug-likeness (QED) is 0.192. The van der Waals surface area contributed by atoms with Crippen LogP contribution < -0.4 is 20.2 Å². The van der Waals surface area contributed by atoms with E-state index in [9.17, 15) is 9.90 Å². The van der Waals surface area contributed by atoms with Gasteiger partial charge in [-0.15, -0.1) is 0 Å². The van der Waals surface area contributed by atoms with E-state index in [0.29, 0.717) is 12.3 Å². The van der Waals surface area contributed by atoms with E-state index in [1.54, 1.807) is 28.1 Å². The molecule has 12 heteroatoms. The maximum Gasteiger partial charge on any atom is 0.350 e. The first-order valence-electron chi connectivity index (χ1n) is 16.2. The van der Waals surface area contributed by atoms with Crippen molar-refractivity contribution in [1.82, 2.24) is 29.3 Å². The Morgan fingerprint density at radius 1 is 0.787 bits per heavy atom. The van der Waals surface area contributed by atoms with Crippen molar-refractivity contribution in [2.45, 2.75) is 45.1 Å². The fourth-order valence-corrected chi connectivity index (χ4v) is 5.64. The second kappa shape index (κ2) is 15.1. The van der Waals surface area contributed by atoms with Gasteiger partial charge in [0.25, 0.3) is 0 Å². The van der Waals surface area contributed by atoms with Gasteiger partial charge in [0.05, 0.1) is 37.3 Å². The summed E-state index contributed by atoms with van der Waals surface area (Å²) in [5.41, 5.74) is 3.96. The molecule has 3 aromatic carbocycles. The number of ether oxygens (including phenoxy) is 2. The molecular weight excluding hydrogens is 596 g/mol. The minimum Gasteiger partial charge on any atom is -0.491 e. The van der Waals surface area contributed by atoms with Crippen molar-refractivity contribution in [2.75, 3.05) is 49.2 Å². The number of hydrogen-bond donors (Lipinski definition) is 1. The molecule has 1 aliphatic heterocycles. The van der Waals surface area contributed by atoms with Crippen LogP contribution in [0.25, 0.3) is 5.69 Å². The predicted octanol–water partition coefficient (Wildman–Crippen LogP) is 4.12. The number of rotatable bonds is 14. The van der Waals surface area contributed by atoms with Crippen molar-refractivity contribution in [3.8, 4) is 11.4 Å². The van der Waals surface area contributed by atoms with Crippen LogP contribution in [0.1, 0.15) is 38.0 Å². The molecular formula is C35H42N8O4. The fourth-order valence-electron chi connectivity index (χ4n) is 5.64. The fraction of sp³-hybridized carbons (Fsp3) is 0.371. The standard InChI is InChI=1S/C35H42N8O4/c1-3-27(2)43-35(45)41(26-38-43)31-11-9-29(10-12-31)39-19-21-40(22-20-39)30-13-15-33(16-14-30)46-24-32(44)25-47-34(23-42-36-17-18-37-42)28-7-5-4-6-8-28/h4-18,26-27,32,34,44H,3,19-25H2,1-2H3/t27-,32-,34?/m1/s1. The smallest absolute Gasteiger partial charge is 0.350 e. The van der Waals surface area contributed by atoms with Crippen molar-refractivity contribution in [1.29, 1.82) is 0 Å². The lowest BCUT2D eigenvalue weighted by atomic mass is 10.1. The Balaban J connectivity index is 0.961. The van der Waals surface area contributed by atoms with E-state index in [-0.39, 0.29) is 31.0 Å². The summed E-state index contributed by atoms with van der Waals surface area (Å²) in [6.45, 7) is 8.27. The Kier molecular flexibility index (Phi) is 10.3. The third-order valence-electron chi connectivity index (χ3n) is 8.58. The first kappa shape index (κ1) is 32.0. The molecule has 3 heterocycles. The molecule has 0 bridgehead atoms. The molecule has 0 aliphatic carbocycles. The van der Waals surface area contributed by atoms with Gasteiger partial charge in [-0.05, 0) is 67.4 Å². The molecule has 0 amide bonds. The Labute approximate surface area is 274 Å². The van der Waals surface area contributed by atoms with E-state index in [4.69, 9.17) is 9.47 Å². The predicted molar refractivity (Wildman–Crippen MR) is 180 cm³/mol. The van der Waals surface area contributed by atoms with Gasteiger partial charge >= 0.3 is 5.69 Å². The Morgan fingerprint density at radius 2 is 1.38 bits per heavy atom. The SMILES string of the molecule is CC[C@@H](C)n1ncn(-c2ccc(N3CCN(c4ccc(OC[C@@H](O)COC(Cn5nccn5)c5ccccc5)cc4)CC3)cc2)c1=O. The maximum absolute atomic E-state index is 12.8. The molecule has 0 saturated carbocycles. The van der Waals surface area contributed by atoms with Crippen LogP contribution in [0.5, 0.6) is 5.75 Å². The average Bonchev–Trinajstić information content (AvgIpc) is 3.79. The van der Waals surface area contributed by atoms with Crippen molar-refractivity contribution in [3.05, 3.63) is 114 Å². The molecule has 12 nitrogen and oxygen atoms in total. The summed E-state index contributed by atoms with van der Waals surface area (Å²) in [6.07, 6.45) is 4.62. The first-order valence-corrected chi connectivity index (χ1v) is 16.2. The van der Waals surface area contributed by atoms with E-state index in [1.807, 2.05) is 68.4 Å². The van der Waals surface area contributed by atoms with Crippen LogP contribution in [0, 0.1) is 0 Å². The lowest BCUT2D eigenvalue weighted by Gasteiger charge is -2.37. The maximum atomic E-state index is 12.8. The van der Waals surface area contributed by atoms with Crippen molar-refractivity contribution in [3.63, 3.8) is 0 Å². The normalized spacial score (nSPS) is 15.4. The van der Waals surface area contributed by atoms with Crippen LogP contribution in [0.4, 0.5) is 11.4 Å². The van der Waals surface area contributed by atoms with Crippen LogP contribution >= 0.6 is 0 Å². The Hall–Kier alpha value is -4.94. The van der Waals surface area contributed by atoms with Crippen molar-refractivity contribution in [2.24, 2.45) is 0 Å². The van der Waals surface area contributed by atoms with Crippen LogP contribution in [0.3, 0.4) is 0 Å². The molecule has 246 valence electrons. The molecule has 3 atom stereocenters. The summed E-state index contributed by atoms with van der Waals surface area (Å²) < 4.78 is 15.1. The highest BCUT2D eigenvalue weighted by Crippen LogP contribution is 2.24. The van der Waals surface area contributed by atoms with E-state index < -0.39 is 6.10 Å². The molecule has 5 aromatic rings. The summed E-state index contributed by atoms with van der Waals surface area (Å²) in [5, 5.41) is 23.3. The molecule has 1 unspecified atom stereocenters. The summed E-state index contributed by atoms with van der Waals surface area (Å²) in [7, 11) is 0. The van der Waals surface area contributed by atoms with E-state index in [0.717, 1.165) is 55.2 Å². The lowest BCUT2D eigenvalue weighted by molar-refractivity contribution is -0.0339. The van der Waals surface area contributed by atoms with Gasteiger partial charge in [-0.25, -0.2) is 14.0 Å². The largest absolute Gasteiger partial charge is 0.491 e. The number of aliphatic hydroxyl groups excluding tert-OH is 1. The van der Waals surface area contributed by atoms with E-state index >= 15 is 0 Å². The van der Waals surface area contributed by atoms with Gasteiger partial charge in [0, 0.05) is 37.6 Å². The van der Waals surface area contributed by atoms with Gasteiger partial charge < -0.3 is 24.4 Å². The molecule has 1 aliphatic rings. The van der Waals surface area contributed by atoms with Gasteiger partial charge in [-0.2, -0.15) is 20.1 Å². The molecule has 1 saturated heterocycles. The van der Waals surface area contributed by atoms with Gasteiger partial charge in [0.1, 0.15) is 30.9 Å². The number of aromatic nitrogens is 6. The summed E-state index contributed by atoms with van der Waals surface area (Å²) >= 11 is 0. The zero-order valence-electron chi connectivity index (χ0n) is 26.9. The molecule has 6 rings (SSSR count). The topological polar surface area (TPSA) is 116 Å². The van der Waals surface area contributed by atoms with Gasteiger partial charge in [-0.3, -0.25) is 0 Å². The summed E-state index contributed by atoms with van der Waals surface area (Å²) in [4.78, 5) is 19.1. The lowest BCUT2D eigenvalue weighted by Crippen LogP contribution is -2.46. The number of hydrogen-bond acceptors (Lipinski definition) is 9. The average molecular weight is 639 g/mol. The second-order valence-corrected chi connectivity index (χ2v) is 11.8. The van der Waals surface area contributed by atoms with Gasteiger partial charge in [0.2, 0.25) is 0 Å². The zero-order valence-corrected chi connectivity index (χ0v) is 26.9. The molecule has 1 N–H and O–H groups in total.